The van der Waals surface area contributed by atoms with Crippen molar-refractivity contribution in [2.75, 3.05) is 0 Å². The van der Waals surface area contributed by atoms with Crippen LogP contribution >= 0.6 is 0 Å². The van der Waals surface area contributed by atoms with E-state index in [1.54, 1.807) is 6.92 Å². The Morgan fingerprint density at radius 2 is 1.83 bits per heavy atom. The lowest BCUT2D eigenvalue weighted by Gasteiger charge is -2.27. The number of rotatable bonds is 5. The molecule has 1 aromatic carbocycles. The second-order valence-corrected chi connectivity index (χ2v) is 4.36. The van der Waals surface area contributed by atoms with Crippen molar-refractivity contribution in [3.63, 3.8) is 0 Å². The second kappa shape index (κ2) is 5.69. The van der Waals surface area contributed by atoms with E-state index < -0.39 is 24.0 Å². The molecular weight excluding hydrogens is 248 g/mol. The van der Waals surface area contributed by atoms with Gasteiger partial charge in [-0.1, -0.05) is 19.1 Å². The van der Waals surface area contributed by atoms with E-state index in [-0.39, 0.29) is 19.3 Å². The van der Waals surface area contributed by atoms with Gasteiger partial charge >= 0.3 is 6.18 Å². The van der Waals surface area contributed by atoms with E-state index in [4.69, 9.17) is 0 Å². The lowest BCUT2D eigenvalue weighted by molar-refractivity contribution is -0.138. The Morgan fingerprint density at radius 1 is 1.17 bits per heavy atom. The summed E-state index contributed by atoms with van der Waals surface area (Å²) in [5.74, 6) is -0.504. The van der Waals surface area contributed by atoms with Gasteiger partial charge in [-0.05, 0) is 37.0 Å². The fraction of sp³-hybridized carbons (Fsp3) is 0.538. The molecule has 1 nitrogen and oxygen atoms in total. The van der Waals surface area contributed by atoms with Gasteiger partial charge in [0.05, 0.1) is 5.60 Å². The summed E-state index contributed by atoms with van der Waals surface area (Å²) in [6.45, 7) is 1.67. The van der Waals surface area contributed by atoms with Crippen molar-refractivity contribution >= 4 is 0 Å². The first-order chi connectivity index (χ1) is 8.27. The minimum absolute atomic E-state index is 0.0353. The summed E-state index contributed by atoms with van der Waals surface area (Å²) in [5, 5.41) is 10.3. The number of aliphatic hydroxyl groups is 1. The zero-order chi connectivity index (χ0) is 13.8. The third-order valence-corrected chi connectivity index (χ3v) is 3.00. The van der Waals surface area contributed by atoms with E-state index in [9.17, 15) is 22.7 Å². The molecule has 5 heteroatoms. The van der Waals surface area contributed by atoms with E-state index in [1.807, 2.05) is 0 Å². The van der Waals surface area contributed by atoms with E-state index in [0.29, 0.717) is 5.56 Å². The van der Waals surface area contributed by atoms with Crippen LogP contribution in [0.1, 0.15) is 38.2 Å². The number of benzene rings is 1. The molecule has 1 aromatic rings. The summed E-state index contributed by atoms with van der Waals surface area (Å²) in [4.78, 5) is 0. The van der Waals surface area contributed by atoms with E-state index >= 15 is 0 Å². The van der Waals surface area contributed by atoms with E-state index in [0.717, 1.165) is 6.07 Å². The Labute approximate surface area is 103 Å². The Balaban J connectivity index is 2.73. The topological polar surface area (TPSA) is 20.2 Å². The van der Waals surface area contributed by atoms with Gasteiger partial charge in [-0.25, -0.2) is 4.39 Å². The van der Waals surface area contributed by atoms with E-state index in [2.05, 4.69) is 0 Å². The van der Waals surface area contributed by atoms with Gasteiger partial charge in [0.2, 0.25) is 0 Å². The summed E-state index contributed by atoms with van der Waals surface area (Å²) in [6.07, 6.45) is -5.13. The van der Waals surface area contributed by atoms with Crippen LogP contribution < -0.4 is 0 Å². The van der Waals surface area contributed by atoms with Crippen LogP contribution in [0.25, 0.3) is 0 Å². The Bertz CT molecular complexity index is 389. The average Bonchev–Trinajstić information content (AvgIpc) is 2.27. The van der Waals surface area contributed by atoms with Crippen LogP contribution in [0.3, 0.4) is 0 Å². The third-order valence-electron chi connectivity index (χ3n) is 3.00. The van der Waals surface area contributed by atoms with E-state index in [1.165, 1.54) is 18.2 Å². The van der Waals surface area contributed by atoms with Gasteiger partial charge in [0.25, 0.3) is 0 Å². The van der Waals surface area contributed by atoms with Crippen molar-refractivity contribution in [1.29, 1.82) is 0 Å². The van der Waals surface area contributed by atoms with Gasteiger partial charge < -0.3 is 5.11 Å². The molecule has 102 valence electrons. The molecule has 0 heterocycles. The average molecular weight is 264 g/mol. The molecular formula is C13H16F4O. The normalized spacial score (nSPS) is 15.4. The highest BCUT2D eigenvalue weighted by Crippen LogP contribution is 2.33. The smallest absolute Gasteiger partial charge is 0.385 e. The van der Waals surface area contributed by atoms with Crippen molar-refractivity contribution in [3.8, 4) is 0 Å². The maximum atomic E-state index is 13.1. The largest absolute Gasteiger partial charge is 0.389 e. The summed E-state index contributed by atoms with van der Waals surface area (Å²) in [7, 11) is 0. The molecule has 0 amide bonds. The Kier molecular flexibility index (Phi) is 4.73. The molecule has 0 saturated heterocycles. The minimum Gasteiger partial charge on any atom is -0.385 e. The van der Waals surface area contributed by atoms with Crippen molar-refractivity contribution in [2.45, 2.75) is 44.4 Å². The van der Waals surface area contributed by atoms with Crippen LogP contribution in [0.15, 0.2) is 24.3 Å². The van der Waals surface area contributed by atoms with Crippen LogP contribution in [0.2, 0.25) is 0 Å². The van der Waals surface area contributed by atoms with Crippen LogP contribution in [-0.2, 0) is 5.60 Å². The standard InChI is InChI=1S/C13H16F4O/c1-2-12(18,7-4-8-13(15,16)17)10-5-3-6-11(14)9-10/h3,5-6,9,18H,2,4,7-8H2,1H3. The predicted octanol–water partition coefficient (Wildman–Crippen LogP) is 4.16. The first kappa shape index (κ1) is 15.0. The van der Waals surface area contributed by atoms with Crippen LogP contribution in [0, 0.1) is 5.82 Å². The molecule has 1 rings (SSSR count). The molecule has 0 bridgehead atoms. The fourth-order valence-corrected chi connectivity index (χ4v) is 1.88. The molecule has 1 unspecified atom stereocenters. The highest BCUT2D eigenvalue weighted by Gasteiger charge is 2.31. The Morgan fingerprint density at radius 3 is 2.33 bits per heavy atom. The molecule has 0 saturated carbocycles. The molecule has 0 aliphatic carbocycles. The lowest BCUT2D eigenvalue weighted by atomic mass is 9.86. The maximum Gasteiger partial charge on any atom is 0.389 e. The van der Waals surface area contributed by atoms with Gasteiger partial charge in [-0.2, -0.15) is 13.2 Å². The first-order valence-electron chi connectivity index (χ1n) is 5.82. The zero-order valence-corrected chi connectivity index (χ0v) is 10.1. The number of alkyl halides is 3. The van der Waals surface area contributed by atoms with Crippen LogP contribution in [0.5, 0.6) is 0 Å². The number of hydrogen-bond donors (Lipinski definition) is 1. The third kappa shape index (κ3) is 4.29. The molecule has 1 N–H and O–H groups in total. The van der Waals surface area contributed by atoms with Crippen LogP contribution in [-0.4, -0.2) is 11.3 Å². The molecule has 0 aliphatic rings. The second-order valence-electron chi connectivity index (χ2n) is 4.36. The highest BCUT2D eigenvalue weighted by molar-refractivity contribution is 5.23. The lowest BCUT2D eigenvalue weighted by Crippen LogP contribution is -2.25. The Hall–Kier alpha value is -1.10. The first-order valence-corrected chi connectivity index (χ1v) is 5.82. The van der Waals surface area contributed by atoms with Crippen LogP contribution in [0.4, 0.5) is 17.6 Å². The predicted molar refractivity (Wildman–Crippen MR) is 60.5 cm³/mol. The summed E-state index contributed by atoms with van der Waals surface area (Å²) >= 11 is 0. The summed E-state index contributed by atoms with van der Waals surface area (Å²) in [6, 6.07) is 5.36. The van der Waals surface area contributed by atoms with Crippen molar-refractivity contribution < 1.29 is 22.7 Å². The molecule has 18 heavy (non-hydrogen) atoms. The SMILES string of the molecule is CCC(O)(CCCC(F)(F)F)c1cccc(F)c1. The highest BCUT2D eigenvalue weighted by atomic mass is 19.4. The fourth-order valence-electron chi connectivity index (χ4n) is 1.88. The van der Waals surface area contributed by atoms with Crippen molar-refractivity contribution in [3.05, 3.63) is 35.6 Å². The van der Waals surface area contributed by atoms with Crippen molar-refractivity contribution in [2.24, 2.45) is 0 Å². The molecule has 0 radical (unpaired) electrons. The molecule has 0 fully saturated rings. The summed E-state index contributed by atoms with van der Waals surface area (Å²) < 4.78 is 49.2. The minimum atomic E-state index is -4.23. The number of hydrogen-bond acceptors (Lipinski definition) is 1. The molecule has 0 spiro atoms. The monoisotopic (exact) mass is 264 g/mol. The molecule has 0 aromatic heterocycles. The van der Waals surface area contributed by atoms with Crippen molar-refractivity contribution in [1.82, 2.24) is 0 Å². The van der Waals surface area contributed by atoms with Gasteiger partial charge in [-0.3, -0.25) is 0 Å². The number of halogens is 4. The van der Waals surface area contributed by atoms with Gasteiger partial charge in [0, 0.05) is 6.42 Å². The zero-order valence-electron chi connectivity index (χ0n) is 10.1. The molecule has 1 atom stereocenters. The van der Waals surface area contributed by atoms with Gasteiger partial charge in [0.1, 0.15) is 5.82 Å². The summed E-state index contributed by atoms with van der Waals surface area (Å²) in [5.41, 5.74) is -1.07. The van der Waals surface area contributed by atoms with Gasteiger partial charge in [0.15, 0.2) is 0 Å². The quantitative estimate of drug-likeness (QED) is 0.792. The maximum absolute atomic E-state index is 13.1. The van der Waals surface area contributed by atoms with Gasteiger partial charge in [-0.15, -0.1) is 0 Å². The molecule has 0 aliphatic heterocycles.